The van der Waals surface area contributed by atoms with E-state index in [9.17, 15) is 4.79 Å². The molecule has 0 unspecified atom stereocenters. The van der Waals surface area contributed by atoms with Gasteiger partial charge in [0.1, 0.15) is 0 Å². The summed E-state index contributed by atoms with van der Waals surface area (Å²) in [6.45, 7) is 11.3. The maximum atomic E-state index is 12.2. The van der Waals surface area contributed by atoms with Crippen molar-refractivity contribution in [2.45, 2.75) is 77.5 Å². The molecule has 25 heavy (non-hydrogen) atoms. The van der Waals surface area contributed by atoms with Crippen molar-refractivity contribution in [1.82, 2.24) is 20.4 Å². The number of aromatic nitrogens is 2. The topological polar surface area (TPSA) is 70.2 Å². The van der Waals surface area contributed by atoms with Crippen molar-refractivity contribution >= 4 is 5.91 Å². The summed E-state index contributed by atoms with van der Waals surface area (Å²) in [4.78, 5) is 14.8. The molecule has 1 spiro atoms. The Balaban J connectivity index is 1.44. The summed E-state index contributed by atoms with van der Waals surface area (Å²) in [7, 11) is 0. The number of nitrogens with zero attached hydrogens (tertiary/aromatic N) is 2. The molecule has 6 heteroatoms. The molecule has 0 aromatic carbocycles. The van der Waals surface area contributed by atoms with Gasteiger partial charge in [-0.15, -0.1) is 0 Å². The minimum absolute atomic E-state index is 0.0479. The minimum atomic E-state index is 0.0479. The van der Waals surface area contributed by atoms with E-state index < -0.39 is 0 Å². The zero-order chi connectivity index (χ0) is 18.0. The number of nitrogens with one attached hydrogen (secondary N) is 2. The summed E-state index contributed by atoms with van der Waals surface area (Å²) < 4.78 is 6.39. The molecule has 0 saturated carbocycles. The molecule has 0 bridgehead atoms. The molecule has 2 saturated heterocycles. The molecule has 2 aliphatic rings. The zero-order valence-electron chi connectivity index (χ0n) is 16.0. The van der Waals surface area contributed by atoms with Crippen molar-refractivity contribution < 1.29 is 9.53 Å². The van der Waals surface area contributed by atoms with Gasteiger partial charge in [0.05, 0.1) is 23.8 Å². The van der Waals surface area contributed by atoms with Crippen LogP contribution in [0.3, 0.4) is 0 Å². The Morgan fingerprint density at radius 3 is 2.68 bits per heavy atom. The SMILES string of the molecule is Cc1n[nH]c(C)c1CC(=O)NC[C@H]1CCC2(CCN(C(C)C)CC2)O1. The van der Waals surface area contributed by atoms with Crippen LogP contribution in [0.5, 0.6) is 0 Å². The molecular formula is C19H32N4O2. The number of carbonyl (C=O) groups excluding carboxylic acids is 1. The highest BCUT2D eigenvalue weighted by Crippen LogP contribution is 2.39. The highest BCUT2D eigenvalue weighted by molar-refractivity contribution is 5.79. The summed E-state index contributed by atoms with van der Waals surface area (Å²) in [5, 5.41) is 10.1. The van der Waals surface area contributed by atoms with E-state index in [1.54, 1.807) is 0 Å². The largest absolute Gasteiger partial charge is 0.370 e. The summed E-state index contributed by atoms with van der Waals surface area (Å²) in [5.74, 6) is 0.0479. The number of H-pyrrole nitrogens is 1. The quantitative estimate of drug-likeness (QED) is 0.855. The first kappa shape index (κ1) is 18.4. The molecule has 1 aromatic rings. The third-order valence-electron chi connectivity index (χ3n) is 5.92. The van der Waals surface area contributed by atoms with Gasteiger partial charge >= 0.3 is 0 Å². The fraction of sp³-hybridized carbons (Fsp3) is 0.789. The monoisotopic (exact) mass is 348 g/mol. The van der Waals surface area contributed by atoms with E-state index in [4.69, 9.17) is 4.74 Å². The molecule has 2 fully saturated rings. The number of amides is 1. The van der Waals surface area contributed by atoms with Crippen molar-refractivity contribution in [3.63, 3.8) is 0 Å². The van der Waals surface area contributed by atoms with Crippen LogP contribution >= 0.6 is 0 Å². The van der Waals surface area contributed by atoms with Crippen LogP contribution in [0.1, 0.15) is 56.5 Å². The van der Waals surface area contributed by atoms with E-state index in [-0.39, 0.29) is 17.6 Å². The fourth-order valence-electron chi connectivity index (χ4n) is 4.14. The third kappa shape index (κ3) is 4.23. The van der Waals surface area contributed by atoms with Crippen LogP contribution < -0.4 is 5.32 Å². The highest BCUT2D eigenvalue weighted by atomic mass is 16.5. The number of aromatic amines is 1. The van der Waals surface area contributed by atoms with Gasteiger partial charge in [-0.25, -0.2) is 0 Å². The first-order chi connectivity index (χ1) is 11.9. The predicted molar refractivity (Wildman–Crippen MR) is 97.6 cm³/mol. The van der Waals surface area contributed by atoms with Crippen molar-refractivity contribution in [2.24, 2.45) is 0 Å². The van der Waals surface area contributed by atoms with Crippen LogP contribution in [0.15, 0.2) is 0 Å². The highest BCUT2D eigenvalue weighted by Gasteiger charge is 2.42. The summed E-state index contributed by atoms with van der Waals surface area (Å²) in [6, 6.07) is 0.615. The second-order valence-electron chi connectivity index (χ2n) is 7.98. The molecule has 2 N–H and O–H groups in total. The van der Waals surface area contributed by atoms with Gasteiger partial charge in [-0.05, 0) is 53.4 Å². The van der Waals surface area contributed by atoms with E-state index in [1.165, 1.54) is 0 Å². The summed E-state index contributed by atoms with van der Waals surface area (Å²) in [6.07, 6.45) is 4.94. The second-order valence-corrected chi connectivity index (χ2v) is 7.98. The van der Waals surface area contributed by atoms with E-state index in [2.05, 4.69) is 34.3 Å². The number of rotatable bonds is 5. The van der Waals surface area contributed by atoms with Crippen LogP contribution in [-0.4, -0.2) is 58.4 Å². The summed E-state index contributed by atoms with van der Waals surface area (Å²) in [5.41, 5.74) is 2.93. The van der Waals surface area contributed by atoms with E-state index in [0.717, 1.165) is 55.7 Å². The minimum Gasteiger partial charge on any atom is -0.370 e. The standard InChI is InChI=1S/C19H32N4O2/c1-13(2)23-9-7-19(8-10-23)6-5-16(25-19)12-20-18(24)11-17-14(3)21-22-15(17)4/h13,16H,5-12H2,1-4H3,(H,20,24)(H,21,22)/t16-/m1/s1. The van der Waals surface area contributed by atoms with Crippen molar-refractivity contribution in [2.75, 3.05) is 19.6 Å². The number of carbonyl (C=O) groups is 1. The smallest absolute Gasteiger partial charge is 0.224 e. The fourth-order valence-corrected chi connectivity index (χ4v) is 4.14. The first-order valence-electron chi connectivity index (χ1n) is 9.57. The number of likely N-dealkylation sites (tertiary alicyclic amines) is 1. The molecule has 1 atom stereocenters. The Morgan fingerprint density at radius 1 is 1.36 bits per heavy atom. The lowest BCUT2D eigenvalue weighted by molar-refractivity contribution is -0.122. The van der Waals surface area contributed by atoms with Crippen molar-refractivity contribution in [1.29, 1.82) is 0 Å². The van der Waals surface area contributed by atoms with E-state index in [0.29, 0.717) is 19.0 Å². The molecule has 3 rings (SSSR count). The van der Waals surface area contributed by atoms with Crippen LogP contribution in [-0.2, 0) is 16.0 Å². The number of piperidine rings is 1. The van der Waals surface area contributed by atoms with Crippen molar-refractivity contribution in [3.8, 4) is 0 Å². The number of hydrogen-bond acceptors (Lipinski definition) is 4. The van der Waals surface area contributed by atoms with Gasteiger partial charge in [-0.2, -0.15) is 5.10 Å². The molecule has 140 valence electrons. The average molecular weight is 348 g/mol. The maximum absolute atomic E-state index is 12.2. The van der Waals surface area contributed by atoms with Crippen LogP contribution in [0, 0.1) is 13.8 Å². The van der Waals surface area contributed by atoms with Gasteiger partial charge in [-0.1, -0.05) is 0 Å². The Kier molecular flexibility index (Phi) is 5.49. The van der Waals surface area contributed by atoms with Crippen LogP contribution in [0.25, 0.3) is 0 Å². The molecule has 1 amide bonds. The normalized spacial score (nSPS) is 23.5. The number of aryl methyl sites for hydroxylation is 2. The van der Waals surface area contributed by atoms with Crippen LogP contribution in [0.4, 0.5) is 0 Å². The first-order valence-corrected chi connectivity index (χ1v) is 9.57. The molecule has 3 heterocycles. The lowest BCUT2D eigenvalue weighted by Gasteiger charge is -2.40. The molecular weight excluding hydrogens is 316 g/mol. The molecule has 0 aliphatic carbocycles. The van der Waals surface area contributed by atoms with E-state index >= 15 is 0 Å². The van der Waals surface area contributed by atoms with Crippen LogP contribution in [0.2, 0.25) is 0 Å². The maximum Gasteiger partial charge on any atom is 0.224 e. The molecule has 0 radical (unpaired) electrons. The Bertz CT molecular complexity index is 583. The lowest BCUT2D eigenvalue weighted by atomic mass is 9.88. The van der Waals surface area contributed by atoms with Crippen molar-refractivity contribution in [3.05, 3.63) is 17.0 Å². The molecule has 2 aliphatic heterocycles. The van der Waals surface area contributed by atoms with Gasteiger partial charge in [-0.3, -0.25) is 9.89 Å². The lowest BCUT2D eigenvalue weighted by Crippen LogP contribution is -2.47. The predicted octanol–water partition coefficient (Wildman–Crippen LogP) is 2.11. The van der Waals surface area contributed by atoms with Gasteiger partial charge in [0.2, 0.25) is 5.91 Å². The summed E-state index contributed by atoms with van der Waals surface area (Å²) >= 11 is 0. The Hall–Kier alpha value is -1.40. The second kappa shape index (κ2) is 7.46. The Labute approximate surface area is 150 Å². The van der Waals surface area contributed by atoms with Gasteiger partial charge in [0.15, 0.2) is 0 Å². The van der Waals surface area contributed by atoms with Gasteiger partial charge in [0, 0.05) is 36.9 Å². The third-order valence-corrected chi connectivity index (χ3v) is 5.92. The van der Waals surface area contributed by atoms with Gasteiger partial charge < -0.3 is 15.0 Å². The molecule has 1 aromatic heterocycles. The number of ether oxygens (including phenoxy) is 1. The Morgan fingerprint density at radius 2 is 2.08 bits per heavy atom. The van der Waals surface area contributed by atoms with E-state index in [1.807, 2.05) is 13.8 Å². The average Bonchev–Trinajstić information content (AvgIpc) is 3.12. The number of hydrogen-bond donors (Lipinski definition) is 2. The zero-order valence-corrected chi connectivity index (χ0v) is 16.0. The van der Waals surface area contributed by atoms with Gasteiger partial charge in [0.25, 0.3) is 0 Å². The molecule has 6 nitrogen and oxygen atoms in total.